The molecule has 0 saturated carbocycles. The van der Waals surface area contributed by atoms with Gasteiger partial charge in [-0.1, -0.05) is 36.2 Å². The van der Waals surface area contributed by atoms with Crippen LogP contribution in [0.5, 0.6) is 0 Å². The highest BCUT2D eigenvalue weighted by Crippen LogP contribution is 2.24. The molecule has 0 amide bonds. The molecule has 18 heavy (non-hydrogen) atoms. The molecule has 0 saturated heterocycles. The Morgan fingerprint density at radius 2 is 1.78 bits per heavy atom. The Balaban J connectivity index is 3.21. The van der Waals surface area contributed by atoms with Crippen LogP contribution >= 0.6 is 0 Å². The Hall–Kier alpha value is -1.35. The van der Waals surface area contributed by atoms with E-state index in [0.29, 0.717) is 13.2 Å². The van der Waals surface area contributed by atoms with Gasteiger partial charge in [-0.3, -0.25) is 5.32 Å². The van der Waals surface area contributed by atoms with Gasteiger partial charge >= 0.3 is 5.97 Å². The van der Waals surface area contributed by atoms with Gasteiger partial charge in [0, 0.05) is 0 Å². The molecule has 0 radical (unpaired) electrons. The molecule has 1 aromatic rings. The van der Waals surface area contributed by atoms with Crippen molar-refractivity contribution in [2.75, 3.05) is 13.2 Å². The van der Waals surface area contributed by atoms with Gasteiger partial charge in [-0.25, -0.2) is 4.79 Å². The molecule has 1 unspecified atom stereocenters. The van der Waals surface area contributed by atoms with Crippen LogP contribution in [0.1, 0.15) is 37.5 Å². The monoisotopic (exact) mass is 249 g/mol. The number of ether oxygens (including phenoxy) is 1. The number of carbonyl (C=O) groups excluding carboxylic acids is 1. The normalized spacial score (nSPS) is 14.1. The summed E-state index contributed by atoms with van der Waals surface area (Å²) in [5.41, 5.74) is 2.49. The van der Waals surface area contributed by atoms with E-state index in [0.717, 1.165) is 16.7 Å². The minimum atomic E-state index is -0.776. The van der Waals surface area contributed by atoms with Crippen LogP contribution in [0.2, 0.25) is 0 Å². The molecular weight excluding hydrogens is 226 g/mol. The molecule has 1 N–H and O–H groups in total. The fraction of sp³-hybridized carbons (Fsp3) is 0.533. The molecule has 1 rings (SSSR count). The lowest BCUT2D eigenvalue weighted by atomic mass is 9.89. The number of likely N-dealkylation sites (N-methyl/N-ethyl adjacent to an activating group) is 1. The van der Waals surface area contributed by atoms with E-state index >= 15 is 0 Å². The number of esters is 1. The van der Waals surface area contributed by atoms with Crippen molar-refractivity contribution in [2.45, 2.75) is 40.2 Å². The van der Waals surface area contributed by atoms with Gasteiger partial charge in [-0.2, -0.15) is 0 Å². The number of hydrogen-bond acceptors (Lipinski definition) is 3. The summed E-state index contributed by atoms with van der Waals surface area (Å²) >= 11 is 0. The Bertz CT molecular complexity index is 408. The summed E-state index contributed by atoms with van der Waals surface area (Å²) < 4.78 is 5.19. The van der Waals surface area contributed by atoms with Crippen molar-refractivity contribution in [3.63, 3.8) is 0 Å². The average Bonchev–Trinajstić information content (AvgIpc) is 2.28. The van der Waals surface area contributed by atoms with Crippen LogP contribution in [0.4, 0.5) is 0 Å². The van der Waals surface area contributed by atoms with E-state index in [9.17, 15) is 4.79 Å². The molecule has 100 valence electrons. The highest BCUT2D eigenvalue weighted by molar-refractivity contribution is 5.82. The molecule has 0 bridgehead atoms. The van der Waals surface area contributed by atoms with Crippen LogP contribution in [-0.4, -0.2) is 19.1 Å². The largest absolute Gasteiger partial charge is 0.464 e. The first-order valence-corrected chi connectivity index (χ1v) is 6.45. The molecule has 0 spiro atoms. The first-order valence-electron chi connectivity index (χ1n) is 6.45. The molecule has 0 aromatic heterocycles. The Kier molecular flexibility index (Phi) is 4.91. The van der Waals surface area contributed by atoms with Crippen molar-refractivity contribution in [3.8, 4) is 0 Å². The van der Waals surface area contributed by atoms with E-state index in [1.807, 2.05) is 46.8 Å². The molecule has 1 aromatic carbocycles. The Labute approximate surface area is 110 Å². The van der Waals surface area contributed by atoms with Crippen LogP contribution < -0.4 is 5.32 Å². The lowest BCUT2D eigenvalue weighted by Gasteiger charge is -2.29. The maximum atomic E-state index is 12.2. The summed E-state index contributed by atoms with van der Waals surface area (Å²) in [4.78, 5) is 12.2. The summed E-state index contributed by atoms with van der Waals surface area (Å²) in [5, 5.41) is 3.24. The maximum Gasteiger partial charge on any atom is 0.330 e. The highest BCUT2D eigenvalue weighted by Gasteiger charge is 2.36. The standard InChI is InChI=1S/C15H23NO2/c1-6-16-15(5,14(17)18-7-2)13-9-11(3)8-12(4)10-13/h8-10,16H,6-7H2,1-5H3. The minimum Gasteiger partial charge on any atom is -0.464 e. The van der Waals surface area contributed by atoms with E-state index in [4.69, 9.17) is 4.74 Å². The quantitative estimate of drug-likeness (QED) is 0.815. The lowest BCUT2D eigenvalue weighted by molar-refractivity contribution is -0.151. The molecule has 0 fully saturated rings. The number of nitrogens with one attached hydrogen (secondary N) is 1. The summed E-state index contributed by atoms with van der Waals surface area (Å²) in [6.07, 6.45) is 0. The first kappa shape index (κ1) is 14.7. The van der Waals surface area contributed by atoms with Crippen LogP contribution in [0.25, 0.3) is 0 Å². The van der Waals surface area contributed by atoms with Crippen molar-refractivity contribution >= 4 is 5.97 Å². The summed E-state index contributed by atoms with van der Waals surface area (Å²) in [7, 11) is 0. The van der Waals surface area contributed by atoms with Crippen molar-refractivity contribution in [1.29, 1.82) is 0 Å². The molecule has 3 nitrogen and oxygen atoms in total. The van der Waals surface area contributed by atoms with Crippen LogP contribution in [0.15, 0.2) is 18.2 Å². The maximum absolute atomic E-state index is 12.2. The van der Waals surface area contributed by atoms with Crippen LogP contribution in [0.3, 0.4) is 0 Å². The molecule has 1 atom stereocenters. The summed E-state index contributed by atoms with van der Waals surface area (Å²) in [6, 6.07) is 6.17. The second kappa shape index (κ2) is 6.01. The molecule has 0 aliphatic rings. The topological polar surface area (TPSA) is 38.3 Å². The van der Waals surface area contributed by atoms with E-state index in [1.54, 1.807) is 0 Å². The minimum absolute atomic E-state index is 0.225. The van der Waals surface area contributed by atoms with E-state index in [2.05, 4.69) is 11.4 Å². The van der Waals surface area contributed by atoms with Crippen molar-refractivity contribution < 1.29 is 9.53 Å². The number of aryl methyl sites for hydroxylation is 2. The van der Waals surface area contributed by atoms with Gasteiger partial charge in [0.1, 0.15) is 5.54 Å². The van der Waals surface area contributed by atoms with Gasteiger partial charge < -0.3 is 4.74 Å². The zero-order valence-electron chi connectivity index (χ0n) is 12.0. The van der Waals surface area contributed by atoms with E-state index < -0.39 is 5.54 Å². The summed E-state index contributed by atoms with van der Waals surface area (Å²) in [6.45, 7) is 10.9. The zero-order valence-corrected chi connectivity index (χ0v) is 12.0. The van der Waals surface area contributed by atoms with Crippen molar-refractivity contribution in [3.05, 3.63) is 34.9 Å². The molecule has 0 aliphatic carbocycles. The third-order valence-electron chi connectivity index (χ3n) is 3.01. The molecular formula is C15H23NO2. The predicted molar refractivity (Wildman–Crippen MR) is 73.6 cm³/mol. The third kappa shape index (κ3) is 3.10. The Morgan fingerprint density at radius 3 is 2.22 bits per heavy atom. The highest BCUT2D eigenvalue weighted by atomic mass is 16.5. The molecule has 0 aliphatic heterocycles. The smallest absolute Gasteiger partial charge is 0.330 e. The predicted octanol–water partition coefficient (Wildman–Crippen LogP) is 2.69. The van der Waals surface area contributed by atoms with E-state index in [-0.39, 0.29) is 5.97 Å². The second-order valence-electron chi connectivity index (χ2n) is 4.75. The van der Waals surface area contributed by atoms with Crippen molar-refractivity contribution in [2.24, 2.45) is 0 Å². The SMILES string of the molecule is CCNC(C)(C(=O)OCC)c1cc(C)cc(C)c1. The first-order chi connectivity index (χ1) is 8.43. The molecule has 3 heteroatoms. The van der Waals surface area contributed by atoms with E-state index in [1.165, 1.54) is 0 Å². The van der Waals surface area contributed by atoms with Crippen LogP contribution in [0, 0.1) is 13.8 Å². The third-order valence-corrected chi connectivity index (χ3v) is 3.01. The lowest BCUT2D eigenvalue weighted by Crippen LogP contribution is -2.47. The van der Waals surface area contributed by atoms with Gasteiger partial charge in [0.15, 0.2) is 0 Å². The molecule has 0 heterocycles. The van der Waals surface area contributed by atoms with Crippen LogP contribution in [-0.2, 0) is 15.1 Å². The number of hydrogen-bond donors (Lipinski definition) is 1. The number of rotatable bonds is 5. The van der Waals surface area contributed by atoms with Gasteiger partial charge in [0.05, 0.1) is 6.61 Å². The van der Waals surface area contributed by atoms with Gasteiger partial charge in [-0.15, -0.1) is 0 Å². The second-order valence-corrected chi connectivity index (χ2v) is 4.75. The number of carbonyl (C=O) groups is 1. The van der Waals surface area contributed by atoms with Crippen molar-refractivity contribution in [1.82, 2.24) is 5.32 Å². The Morgan fingerprint density at radius 1 is 1.22 bits per heavy atom. The number of benzene rings is 1. The fourth-order valence-corrected chi connectivity index (χ4v) is 2.18. The van der Waals surface area contributed by atoms with Gasteiger partial charge in [-0.05, 0) is 39.8 Å². The zero-order chi connectivity index (χ0) is 13.8. The summed E-state index contributed by atoms with van der Waals surface area (Å²) in [5.74, 6) is -0.225. The average molecular weight is 249 g/mol. The van der Waals surface area contributed by atoms with Gasteiger partial charge in [0.25, 0.3) is 0 Å². The fourth-order valence-electron chi connectivity index (χ4n) is 2.18. The van der Waals surface area contributed by atoms with Gasteiger partial charge in [0.2, 0.25) is 0 Å².